The molecule has 1 aliphatic carbocycles. The van der Waals surface area contributed by atoms with Crippen LogP contribution in [0.5, 0.6) is 23.0 Å². The Balaban J connectivity index is 1.02. The second-order valence-corrected chi connectivity index (χ2v) is 20.7. The molecule has 0 N–H and O–H groups in total. The number of fused-ring (bicyclic) bond motifs is 2. The Morgan fingerprint density at radius 2 is 1.46 bits per heavy atom. The fourth-order valence-corrected chi connectivity index (χ4v) is 11.1. The number of hydrogen-bond acceptors (Lipinski definition) is 15. The average molecular weight is 1140 g/mol. The van der Waals surface area contributed by atoms with Gasteiger partial charge in [-0.1, -0.05) is 72.3 Å². The molecule has 1 saturated carbocycles. The highest BCUT2D eigenvalue weighted by Gasteiger charge is 2.52. The predicted molar refractivity (Wildman–Crippen MR) is 286 cm³/mol. The number of carbonyl (C=O) groups is 4. The van der Waals surface area contributed by atoms with Gasteiger partial charge in [-0.2, -0.15) is 0 Å². The van der Waals surface area contributed by atoms with Crippen LogP contribution in [-0.4, -0.2) is 100.0 Å². The number of carbonyl (C=O) groups excluding carboxylic acids is 4. The summed E-state index contributed by atoms with van der Waals surface area (Å²) < 4.78 is 56.6. The molecule has 0 aromatic heterocycles. The summed E-state index contributed by atoms with van der Waals surface area (Å²) in [6, 6.07) is 25.0. The average Bonchev–Trinajstić information content (AvgIpc) is 4.27. The van der Waals surface area contributed by atoms with E-state index in [9.17, 15) is 38.6 Å². The van der Waals surface area contributed by atoms with Crippen molar-refractivity contribution in [2.24, 2.45) is 5.92 Å². The Morgan fingerprint density at radius 1 is 0.790 bits per heavy atom. The summed E-state index contributed by atoms with van der Waals surface area (Å²) in [7, 11) is 1.59. The minimum absolute atomic E-state index is 0.0164. The van der Waals surface area contributed by atoms with Crippen molar-refractivity contribution in [3.8, 4) is 23.0 Å². The highest BCUT2D eigenvalue weighted by atomic mass is 35.5. The van der Waals surface area contributed by atoms with Gasteiger partial charge < -0.3 is 43.2 Å². The smallest absolute Gasteiger partial charge is 0.496 e. The Morgan fingerprint density at radius 3 is 2.11 bits per heavy atom. The molecule has 5 aromatic rings. The zero-order chi connectivity index (χ0) is 57.3. The van der Waals surface area contributed by atoms with Crippen LogP contribution in [0.3, 0.4) is 0 Å². The van der Waals surface area contributed by atoms with Crippen LogP contribution in [0.4, 0.5) is 18.4 Å². The molecule has 4 atom stereocenters. The quantitative estimate of drug-likeness (QED) is 0.0157. The van der Waals surface area contributed by atoms with Crippen LogP contribution in [0.15, 0.2) is 109 Å². The molecule has 2 bridgehead atoms. The number of piperidine rings is 1. The molecule has 81 heavy (non-hydrogen) atoms. The maximum Gasteiger partial charge on any atom is 0.513 e. The minimum atomic E-state index is -1.05. The maximum atomic E-state index is 15.9. The van der Waals surface area contributed by atoms with Gasteiger partial charge in [0.15, 0.2) is 11.6 Å². The number of halogens is 3. The van der Waals surface area contributed by atoms with E-state index in [0.717, 1.165) is 47.2 Å². The summed E-state index contributed by atoms with van der Waals surface area (Å²) in [6.45, 7) is 1.59. The number of rotatable bonds is 22. The van der Waals surface area contributed by atoms with Crippen molar-refractivity contribution in [2.45, 2.75) is 109 Å². The van der Waals surface area contributed by atoms with E-state index in [4.69, 9.17) is 35.3 Å². The number of methoxy groups -OCH3 is 1. The molecule has 3 fully saturated rings. The Labute approximate surface area is 469 Å². The molecule has 3 aliphatic heterocycles. The number of ether oxygens (including phenoxy) is 5. The molecule has 2 saturated heterocycles. The standard InChI is InChI=1S/C58H58ClF2N5O15/c1-35-25-37(15-22-51(35)75-2)31-63(42-18-19-42)56(68)52-47(40-16-13-36(14-17-40)9-6-24-76-54-49(61)21-20-48(60)53(54)59)30-44-28-41(29-50(52)64(44)57(69)80-45-11-3-7-38(26-45)32-78-65(71)72)55(67)62-23-5-10-43(62)34-77-58(70)81-46-12-4-8-39(27-46)33-79-66(73)74/h3-4,7-8,11-17,20-22,25-27,41-44,50H,5-6,9-10,18-19,23-24,28-34H2,1-2H3. The van der Waals surface area contributed by atoms with E-state index in [0.29, 0.717) is 60.3 Å². The lowest BCUT2D eigenvalue weighted by Crippen LogP contribution is -2.60. The second-order valence-electron chi connectivity index (χ2n) is 20.3. The van der Waals surface area contributed by atoms with Crippen molar-refractivity contribution in [1.82, 2.24) is 14.7 Å². The molecule has 4 aliphatic rings. The first-order valence-electron chi connectivity index (χ1n) is 26.4. The number of likely N-dealkylation sites (tertiary alicyclic amines) is 1. The first-order valence-corrected chi connectivity index (χ1v) is 26.8. The molecule has 23 heteroatoms. The van der Waals surface area contributed by atoms with Gasteiger partial charge in [0.25, 0.3) is 16.1 Å². The highest BCUT2D eigenvalue weighted by molar-refractivity contribution is 6.32. The van der Waals surface area contributed by atoms with E-state index < -0.39 is 69.7 Å². The van der Waals surface area contributed by atoms with Gasteiger partial charge in [0.05, 0.1) is 25.8 Å². The van der Waals surface area contributed by atoms with Crippen molar-refractivity contribution in [3.05, 3.63) is 179 Å². The molecule has 5 aromatic carbocycles. The van der Waals surface area contributed by atoms with Crippen molar-refractivity contribution in [2.75, 3.05) is 26.9 Å². The first kappa shape index (κ1) is 57.2. The molecule has 4 unspecified atom stereocenters. The fraction of sp³-hybridized carbons (Fsp3) is 0.379. The van der Waals surface area contributed by atoms with E-state index in [-0.39, 0.29) is 80.7 Å². The topological polar surface area (TPSA) is 229 Å². The predicted octanol–water partition coefficient (Wildman–Crippen LogP) is 10.6. The van der Waals surface area contributed by atoms with Gasteiger partial charge in [0.1, 0.15) is 47.9 Å². The summed E-state index contributed by atoms with van der Waals surface area (Å²) in [4.78, 5) is 94.6. The van der Waals surface area contributed by atoms with Gasteiger partial charge in [0.2, 0.25) is 5.91 Å². The van der Waals surface area contributed by atoms with Gasteiger partial charge in [-0.3, -0.25) is 14.5 Å². The molecule has 9 rings (SSSR count). The minimum Gasteiger partial charge on any atom is -0.496 e. The molecule has 0 radical (unpaired) electrons. The van der Waals surface area contributed by atoms with E-state index in [1.165, 1.54) is 30.3 Å². The lowest BCUT2D eigenvalue weighted by atomic mass is 9.73. The Bertz CT molecular complexity index is 3220. The molecule has 0 spiro atoms. The molecule has 3 amide bonds. The SMILES string of the molecule is COc1ccc(CN(C(=O)C2=C(c3ccc(CCCOc4c(F)ccc(F)c4Cl)cc3)CC3CC(C(=O)N4CCCC4COC(=O)Oc4cccc(CO[N+](=O)[O-])c4)CC2N3C(=O)Oc2cccc(CO[N+](=O)[O-])c2)C2CC2)cc1C. The maximum absolute atomic E-state index is 15.9. The zero-order valence-electron chi connectivity index (χ0n) is 44.3. The highest BCUT2D eigenvalue weighted by Crippen LogP contribution is 2.47. The summed E-state index contributed by atoms with van der Waals surface area (Å²) in [5.74, 6) is -2.39. The van der Waals surface area contributed by atoms with Gasteiger partial charge in [-0.05, 0) is 146 Å². The van der Waals surface area contributed by atoms with Crippen LogP contribution in [0.25, 0.3) is 5.57 Å². The van der Waals surface area contributed by atoms with E-state index in [1.807, 2.05) is 54.3 Å². The van der Waals surface area contributed by atoms with Crippen LogP contribution in [-0.2, 0) is 50.2 Å². The number of hydrogen-bond donors (Lipinski definition) is 0. The Hall–Kier alpha value is -8.53. The third-order valence-corrected chi connectivity index (χ3v) is 15.2. The molecule has 20 nitrogen and oxygen atoms in total. The van der Waals surface area contributed by atoms with E-state index in [2.05, 4.69) is 9.68 Å². The summed E-state index contributed by atoms with van der Waals surface area (Å²) in [5, 5.41) is 19.5. The number of benzene rings is 5. The third kappa shape index (κ3) is 14.1. The first-order chi connectivity index (χ1) is 39.0. The van der Waals surface area contributed by atoms with E-state index >= 15 is 9.59 Å². The summed E-state index contributed by atoms with van der Waals surface area (Å²) in [5.41, 5.74) is 5.09. The second kappa shape index (κ2) is 25.7. The monoisotopic (exact) mass is 1140 g/mol. The van der Waals surface area contributed by atoms with Gasteiger partial charge in [0, 0.05) is 36.7 Å². The van der Waals surface area contributed by atoms with Crippen molar-refractivity contribution in [1.29, 1.82) is 0 Å². The van der Waals surface area contributed by atoms with Crippen molar-refractivity contribution >= 4 is 41.2 Å². The van der Waals surface area contributed by atoms with Gasteiger partial charge in [-0.15, -0.1) is 20.2 Å². The molecular formula is C58H58ClF2N5O15. The van der Waals surface area contributed by atoms with Gasteiger partial charge in [-0.25, -0.2) is 18.4 Å². The lowest BCUT2D eigenvalue weighted by molar-refractivity contribution is -0.763. The third-order valence-electron chi connectivity index (χ3n) is 14.8. The summed E-state index contributed by atoms with van der Waals surface area (Å²) >= 11 is 5.98. The summed E-state index contributed by atoms with van der Waals surface area (Å²) in [6.07, 6.45) is 2.00. The van der Waals surface area contributed by atoms with Gasteiger partial charge >= 0.3 is 12.2 Å². The van der Waals surface area contributed by atoms with Crippen LogP contribution >= 0.6 is 11.6 Å². The van der Waals surface area contributed by atoms with Crippen LogP contribution in [0, 0.1) is 44.7 Å². The van der Waals surface area contributed by atoms with Crippen LogP contribution in [0.1, 0.15) is 84.7 Å². The van der Waals surface area contributed by atoms with Crippen molar-refractivity contribution < 1.29 is 71.5 Å². The van der Waals surface area contributed by atoms with Crippen molar-refractivity contribution in [3.63, 3.8) is 0 Å². The number of amides is 3. The van der Waals surface area contributed by atoms with E-state index in [1.54, 1.807) is 35.1 Å². The van der Waals surface area contributed by atoms with Crippen LogP contribution < -0.4 is 18.9 Å². The Kier molecular flexibility index (Phi) is 18.2. The van der Waals surface area contributed by atoms with Crippen LogP contribution in [0.2, 0.25) is 5.02 Å². The number of nitrogens with zero attached hydrogens (tertiary/aromatic N) is 5. The fourth-order valence-electron chi connectivity index (χ4n) is 10.9. The molecule has 426 valence electrons. The molecular weight excluding hydrogens is 1080 g/mol. The normalized spacial score (nSPS) is 18.4. The number of aryl methyl sites for hydroxylation is 2. The largest absolute Gasteiger partial charge is 0.513 e. The molecule has 3 heterocycles. The zero-order valence-corrected chi connectivity index (χ0v) is 45.1. The lowest BCUT2D eigenvalue weighted by Gasteiger charge is -2.50.